The van der Waals surface area contributed by atoms with Gasteiger partial charge in [-0.05, 0) is 45.1 Å². The first-order valence-corrected chi connectivity index (χ1v) is 6.95. The summed E-state index contributed by atoms with van der Waals surface area (Å²) in [7, 11) is 0. The van der Waals surface area contributed by atoms with Gasteiger partial charge in [0, 0.05) is 25.2 Å². The average Bonchev–Trinajstić information content (AvgIpc) is 2.32. The Morgan fingerprint density at radius 2 is 2.12 bits per heavy atom. The number of likely N-dealkylation sites (tertiary alicyclic amines) is 1. The molecule has 2 amide bonds. The molecule has 2 N–H and O–H groups in total. The zero-order valence-electron chi connectivity index (χ0n) is 11.0. The lowest BCUT2D eigenvalue weighted by molar-refractivity contribution is 0.161. The molecule has 3 unspecified atom stereocenters. The number of hydrogen-bond acceptors (Lipinski definition) is 2. The van der Waals surface area contributed by atoms with Crippen molar-refractivity contribution in [1.29, 1.82) is 0 Å². The van der Waals surface area contributed by atoms with Gasteiger partial charge < -0.3 is 15.5 Å². The number of amides is 2. The highest BCUT2D eigenvalue weighted by Crippen LogP contribution is 2.16. The second-order valence-corrected chi connectivity index (χ2v) is 5.63. The molecule has 2 aliphatic rings. The van der Waals surface area contributed by atoms with E-state index in [-0.39, 0.29) is 6.03 Å². The molecule has 2 aliphatic heterocycles. The molecular weight excluding hydrogens is 214 g/mol. The number of nitrogens with one attached hydrogen (secondary N) is 2. The molecule has 0 radical (unpaired) electrons. The number of hydrogen-bond donors (Lipinski definition) is 2. The Kier molecular flexibility index (Phi) is 4.26. The maximum absolute atomic E-state index is 12.1. The summed E-state index contributed by atoms with van der Waals surface area (Å²) in [6.45, 7) is 7.30. The predicted octanol–water partition coefficient (Wildman–Crippen LogP) is 1.57. The topological polar surface area (TPSA) is 44.4 Å². The molecule has 17 heavy (non-hydrogen) atoms. The molecule has 0 spiro atoms. The first-order valence-electron chi connectivity index (χ1n) is 6.95. The van der Waals surface area contributed by atoms with Crippen LogP contribution in [-0.4, -0.2) is 42.6 Å². The van der Waals surface area contributed by atoms with Crippen LogP contribution in [0.1, 0.15) is 39.5 Å². The van der Waals surface area contributed by atoms with Gasteiger partial charge in [0.2, 0.25) is 0 Å². The normalized spacial score (nSPS) is 34.5. The van der Waals surface area contributed by atoms with Crippen molar-refractivity contribution in [2.45, 2.75) is 51.6 Å². The fraction of sp³-hybridized carbons (Fsp3) is 0.923. The Morgan fingerprint density at radius 3 is 2.82 bits per heavy atom. The highest BCUT2D eigenvalue weighted by atomic mass is 16.2. The molecule has 0 saturated carbocycles. The van der Waals surface area contributed by atoms with Crippen LogP contribution in [-0.2, 0) is 0 Å². The fourth-order valence-electron chi connectivity index (χ4n) is 2.86. The van der Waals surface area contributed by atoms with Crippen LogP contribution in [0.2, 0.25) is 0 Å². The van der Waals surface area contributed by atoms with Crippen LogP contribution < -0.4 is 10.6 Å². The summed E-state index contributed by atoms with van der Waals surface area (Å²) in [5, 5.41) is 6.60. The number of carbonyl (C=O) groups is 1. The minimum atomic E-state index is 0.136. The maximum Gasteiger partial charge on any atom is 0.317 e. The first kappa shape index (κ1) is 12.7. The van der Waals surface area contributed by atoms with E-state index in [0.29, 0.717) is 18.0 Å². The van der Waals surface area contributed by atoms with Crippen LogP contribution >= 0.6 is 0 Å². The first-order chi connectivity index (χ1) is 8.16. The van der Waals surface area contributed by atoms with E-state index in [1.807, 2.05) is 4.90 Å². The van der Waals surface area contributed by atoms with E-state index >= 15 is 0 Å². The second-order valence-electron chi connectivity index (χ2n) is 5.63. The van der Waals surface area contributed by atoms with Crippen molar-refractivity contribution in [2.75, 3.05) is 19.6 Å². The predicted molar refractivity (Wildman–Crippen MR) is 69.0 cm³/mol. The van der Waals surface area contributed by atoms with Crippen LogP contribution in [0.3, 0.4) is 0 Å². The Morgan fingerprint density at radius 1 is 1.29 bits per heavy atom. The summed E-state index contributed by atoms with van der Waals surface area (Å²) in [6.07, 6.45) is 4.66. The molecule has 0 aromatic carbocycles. The third-order valence-corrected chi connectivity index (χ3v) is 4.01. The number of urea groups is 1. The van der Waals surface area contributed by atoms with Crippen LogP contribution in [0, 0.1) is 5.92 Å². The van der Waals surface area contributed by atoms with E-state index in [1.54, 1.807) is 0 Å². The SMILES string of the molecule is CC1CCCN(C(=O)NC2CCCNC2C)C1. The van der Waals surface area contributed by atoms with Gasteiger partial charge >= 0.3 is 6.03 Å². The number of rotatable bonds is 1. The molecule has 2 heterocycles. The van der Waals surface area contributed by atoms with E-state index in [2.05, 4.69) is 24.5 Å². The van der Waals surface area contributed by atoms with Crippen molar-refractivity contribution < 1.29 is 4.79 Å². The van der Waals surface area contributed by atoms with Crippen molar-refractivity contribution in [3.05, 3.63) is 0 Å². The van der Waals surface area contributed by atoms with Crippen molar-refractivity contribution in [3.63, 3.8) is 0 Å². The summed E-state index contributed by atoms with van der Waals surface area (Å²) < 4.78 is 0. The summed E-state index contributed by atoms with van der Waals surface area (Å²) in [5.74, 6) is 0.649. The summed E-state index contributed by atoms with van der Waals surface area (Å²) in [5.41, 5.74) is 0. The van der Waals surface area contributed by atoms with Crippen molar-refractivity contribution in [1.82, 2.24) is 15.5 Å². The number of piperidine rings is 2. The fourth-order valence-corrected chi connectivity index (χ4v) is 2.86. The van der Waals surface area contributed by atoms with Gasteiger partial charge in [-0.3, -0.25) is 0 Å². The molecule has 3 atom stereocenters. The van der Waals surface area contributed by atoms with E-state index in [9.17, 15) is 4.79 Å². The molecule has 0 aliphatic carbocycles. The zero-order valence-corrected chi connectivity index (χ0v) is 11.0. The maximum atomic E-state index is 12.1. The highest BCUT2D eigenvalue weighted by molar-refractivity contribution is 5.74. The second kappa shape index (κ2) is 5.71. The molecule has 4 heteroatoms. The lowest BCUT2D eigenvalue weighted by atomic mass is 9.99. The van der Waals surface area contributed by atoms with Gasteiger partial charge in [0.25, 0.3) is 0 Å². The molecule has 0 aromatic heterocycles. The van der Waals surface area contributed by atoms with Gasteiger partial charge in [-0.1, -0.05) is 6.92 Å². The summed E-state index contributed by atoms with van der Waals surface area (Å²) in [6, 6.07) is 0.834. The molecule has 0 bridgehead atoms. The Balaban J connectivity index is 1.83. The summed E-state index contributed by atoms with van der Waals surface area (Å²) in [4.78, 5) is 14.1. The Hall–Kier alpha value is -0.770. The van der Waals surface area contributed by atoms with Gasteiger partial charge in [0.15, 0.2) is 0 Å². The standard InChI is InChI=1S/C13H25N3O/c1-10-5-4-8-16(9-10)13(17)15-12-6-3-7-14-11(12)2/h10-12,14H,3-9H2,1-2H3,(H,15,17). The largest absolute Gasteiger partial charge is 0.334 e. The third-order valence-electron chi connectivity index (χ3n) is 4.01. The minimum Gasteiger partial charge on any atom is -0.334 e. The van der Waals surface area contributed by atoms with Crippen LogP contribution in [0.15, 0.2) is 0 Å². The van der Waals surface area contributed by atoms with E-state index < -0.39 is 0 Å². The van der Waals surface area contributed by atoms with Gasteiger partial charge in [0.05, 0.1) is 0 Å². The summed E-state index contributed by atoms with van der Waals surface area (Å²) >= 11 is 0. The molecule has 98 valence electrons. The molecule has 2 saturated heterocycles. The Bertz CT molecular complexity index is 269. The van der Waals surface area contributed by atoms with E-state index in [1.165, 1.54) is 6.42 Å². The highest BCUT2D eigenvalue weighted by Gasteiger charge is 2.26. The molecule has 2 rings (SSSR count). The molecule has 4 nitrogen and oxygen atoms in total. The number of nitrogens with zero attached hydrogens (tertiary/aromatic N) is 1. The third kappa shape index (κ3) is 3.35. The lowest BCUT2D eigenvalue weighted by Gasteiger charge is -2.35. The zero-order chi connectivity index (χ0) is 12.3. The van der Waals surface area contributed by atoms with Crippen molar-refractivity contribution >= 4 is 6.03 Å². The van der Waals surface area contributed by atoms with Gasteiger partial charge in [-0.25, -0.2) is 4.79 Å². The average molecular weight is 239 g/mol. The smallest absolute Gasteiger partial charge is 0.317 e. The molecule has 0 aromatic rings. The van der Waals surface area contributed by atoms with Crippen molar-refractivity contribution in [3.8, 4) is 0 Å². The monoisotopic (exact) mass is 239 g/mol. The van der Waals surface area contributed by atoms with Gasteiger partial charge in [0.1, 0.15) is 0 Å². The van der Waals surface area contributed by atoms with Gasteiger partial charge in [-0.15, -0.1) is 0 Å². The van der Waals surface area contributed by atoms with Gasteiger partial charge in [-0.2, -0.15) is 0 Å². The van der Waals surface area contributed by atoms with Crippen LogP contribution in [0.5, 0.6) is 0 Å². The molecule has 2 fully saturated rings. The van der Waals surface area contributed by atoms with E-state index in [4.69, 9.17) is 0 Å². The number of carbonyl (C=O) groups excluding carboxylic acids is 1. The lowest BCUT2D eigenvalue weighted by Crippen LogP contribution is -2.56. The van der Waals surface area contributed by atoms with Crippen molar-refractivity contribution in [2.24, 2.45) is 5.92 Å². The Labute approximate surface area is 104 Å². The van der Waals surface area contributed by atoms with Crippen LogP contribution in [0.4, 0.5) is 4.79 Å². The van der Waals surface area contributed by atoms with Crippen LogP contribution in [0.25, 0.3) is 0 Å². The van der Waals surface area contributed by atoms with E-state index in [0.717, 1.165) is 38.9 Å². The minimum absolute atomic E-state index is 0.136. The quantitative estimate of drug-likeness (QED) is 0.729. The molecular formula is C13H25N3O.